The molecule has 0 radical (unpaired) electrons. The number of hydrogen-bond acceptors (Lipinski definition) is 2. The maximum atomic E-state index is 12.7. The maximum Gasteiger partial charge on any atom is 0.236 e. The average Bonchev–Trinajstić information content (AvgIpc) is 2.71. The van der Waals surface area contributed by atoms with Crippen LogP contribution in [0.25, 0.3) is 0 Å². The number of benzene rings is 1. The van der Waals surface area contributed by atoms with E-state index in [0.717, 1.165) is 36.1 Å². The van der Waals surface area contributed by atoms with Crippen LogP contribution in [0.2, 0.25) is 0 Å². The van der Waals surface area contributed by atoms with Crippen molar-refractivity contribution in [2.24, 2.45) is 0 Å². The molecule has 1 aromatic carbocycles. The molecule has 1 aliphatic rings. The van der Waals surface area contributed by atoms with Crippen LogP contribution in [0.5, 0.6) is 0 Å². The normalized spacial score (nSPS) is 16.5. The SMILES string of the molecule is Cc1[nH]nc(NC(=O)C2(c3ccccc3)CCC2)c1C. The van der Waals surface area contributed by atoms with Gasteiger partial charge in [0.25, 0.3) is 0 Å². The molecule has 0 unspecified atom stereocenters. The summed E-state index contributed by atoms with van der Waals surface area (Å²) in [5.74, 6) is 0.708. The summed E-state index contributed by atoms with van der Waals surface area (Å²) in [6, 6.07) is 10.1. The molecule has 1 saturated carbocycles. The number of carbonyl (C=O) groups is 1. The molecule has 0 spiro atoms. The molecule has 1 aromatic heterocycles. The molecule has 2 aromatic rings. The maximum absolute atomic E-state index is 12.7. The zero-order valence-corrected chi connectivity index (χ0v) is 11.9. The number of nitrogens with zero attached hydrogens (tertiary/aromatic N) is 1. The molecule has 0 bridgehead atoms. The lowest BCUT2D eigenvalue weighted by atomic mass is 9.64. The Morgan fingerprint density at radius 2 is 1.95 bits per heavy atom. The lowest BCUT2D eigenvalue weighted by Crippen LogP contribution is -2.46. The summed E-state index contributed by atoms with van der Waals surface area (Å²) < 4.78 is 0. The van der Waals surface area contributed by atoms with Crippen molar-refractivity contribution in [3.05, 3.63) is 47.2 Å². The van der Waals surface area contributed by atoms with Crippen LogP contribution >= 0.6 is 0 Å². The Morgan fingerprint density at radius 3 is 2.45 bits per heavy atom. The third-order valence-corrected chi connectivity index (χ3v) is 4.45. The largest absolute Gasteiger partial charge is 0.308 e. The van der Waals surface area contributed by atoms with E-state index in [2.05, 4.69) is 15.5 Å². The van der Waals surface area contributed by atoms with Crippen molar-refractivity contribution in [2.75, 3.05) is 5.32 Å². The van der Waals surface area contributed by atoms with Gasteiger partial charge in [-0.1, -0.05) is 36.8 Å². The molecule has 0 atom stereocenters. The minimum Gasteiger partial charge on any atom is -0.308 e. The standard InChI is InChI=1S/C16H19N3O/c1-11-12(2)18-19-14(11)17-15(20)16(9-6-10-16)13-7-4-3-5-8-13/h3-5,7-8H,6,9-10H2,1-2H3,(H2,17,18,19,20). The van der Waals surface area contributed by atoms with Crippen molar-refractivity contribution in [3.8, 4) is 0 Å². The van der Waals surface area contributed by atoms with Gasteiger partial charge in [-0.2, -0.15) is 5.10 Å². The van der Waals surface area contributed by atoms with E-state index < -0.39 is 0 Å². The smallest absolute Gasteiger partial charge is 0.236 e. The summed E-state index contributed by atoms with van der Waals surface area (Å²) in [7, 11) is 0. The van der Waals surface area contributed by atoms with Crippen LogP contribution in [0, 0.1) is 13.8 Å². The molecule has 1 heterocycles. The number of carbonyl (C=O) groups excluding carboxylic acids is 1. The van der Waals surface area contributed by atoms with E-state index in [-0.39, 0.29) is 11.3 Å². The number of rotatable bonds is 3. The number of aryl methyl sites for hydroxylation is 1. The molecular weight excluding hydrogens is 250 g/mol. The van der Waals surface area contributed by atoms with E-state index in [1.54, 1.807) is 0 Å². The predicted molar refractivity (Wildman–Crippen MR) is 78.7 cm³/mol. The van der Waals surface area contributed by atoms with Gasteiger partial charge >= 0.3 is 0 Å². The first-order valence-corrected chi connectivity index (χ1v) is 7.02. The first kappa shape index (κ1) is 12.9. The van der Waals surface area contributed by atoms with E-state index in [9.17, 15) is 4.79 Å². The predicted octanol–water partition coefficient (Wildman–Crippen LogP) is 3.09. The van der Waals surface area contributed by atoms with E-state index in [1.807, 2.05) is 44.2 Å². The molecule has 1 amide bonds. The third-order valence-electron chi connectivity index (χ3n) is 4.45. The molecule has 3 rings (SSSR count). The first-order valence-electron chi connectivity index (χ1n) is 7.02. The summed E-state index contributed by atoms with van der Waals surface area (Å²) in [4.78, 5) is 12.7. The Balaban J connectivity index is 1.87. The van der Waals surface area contributed by atoms with Crippen LogP contribution in [0.4, 0.5) is 5.82 Å². The lowest BCUT2D eigenvalue weighted by molar-refractivity contribution is -0.124. The van der Waals surface area contributed by atoms with Crippen LogP contribution in [0.1, 0.15) is 36.1 Å². The highest BCUT2D eigenvalue weighted by atomic mass is 16.2. The zero-order chi connectivity index (χ0) is 14.2. The van der Waals surface area contributed by atoms with Gasteiger partial charge in [0.15, 0.2) is 5.82 Å². The molecular formula is C16H19N3O. The number of amides is 1. The second kappa shape index (κ2) is 4.78. The number of anilines is 1. The van der Waals surface area contributed by atoms with E-state index in [0.29, 0.717) is 5.82 Å². The van der Waals surface area contributed by atoms with Crippen LogP contribution in [0.3, 0.4) is 0 Å². The fraction of sp³-hybridized carbons (Fsp3) is 0.375. The number of hydrogen-bond donors (Lipinski definition) is 2. The van der Waals surface area contributed by atoms with Gasteiger partial charge in [-0.3, -0.25) is 9.89 Å². The lowest BCUT2D eigenvalue weighted by Gasteiger charge is -2.40. The quantitative estimate of drug-likeness (QED) is 0.899. The number of aromatic nitrogens is 2. The minimum absolute atomic E-state index is 0.0598. The Morgan fingerprint density at radius 1 is 1.25 bits per heavy atom. The molecule has 0 aliphatic heterocycles. The van der Waals surface area contributed by atoms with Crippen LogP contribution in [0.15, 0.2) is 30.3 Å². The highest BCUT2D eigenvalue weighted by Gasteiger charge is 2.45. The molecule has 1 fully saturated rings. The van der Waals surface area contributed by atoms with Crippen molar-refractivity contribution in [1.82, 2.24) is 10.2 Å². The fourth-order valence-electron chi connectivity index (χ4n) is 2.77. The second-order valence-electron chi connectivity index (χ2n) is 5.58. The highest BCUT2D eigenvalue weighted by molar-refractivity contribution is 5.99. The molecule has 1 aliphatic carbocycles. The number of aromatic amines is 1. The van der Waals surface area contributed by atoms with E-state index in [1.165, 1.54) is 0 Å². The summed E-state index contributed by atoms with van der Waals surface area (Å²) >= 11 is 0. The zero-order valence-electron chi connectivity index (χ0n) is 11.9. The van der Waals surface area contributed by atoms with Gasteiger partial charge in [0.1, 0.15) is 0 Å². The van der Waals surface area contributed by atoms with Crippen molar-refractivity contribution in [2.45, 2.75) is 38.5 Å². The summed E-state index contributed by atoms with van der Waals surface area (Å²) in [6.07, 6.45) is 2.91. The van der Waals surface area contributed by atoms with Gasteiger partial charge in [-0.05, 0) is 32.3 Å². The van der Waals surface area contributed by atoms with Gasteiger partial charge in [-0.25, -0.2) is 0 Å². The Hall–Kier alpha value is -2.10. The number of nitrogens with one attached hydrogen (secondary N) is 2. The summed E-state index contributed by atoms with van der Waals surface area (Å²) in [5, 5.41) is 10.1. The molecule has 4 nitrogen and oxygen atoms in total. The summed E-state index contributed by atoms with van der Waals surface area (Å²) in [5.41, 5.74) is 2.72. The molecule has 104 valence electrons. The average molecular weight is 269 g/mol. The topological polar surface area (TPSA) is 57.8 Å². The van der Waals surface area contributed by atoms with Gasteiger partial charge < -0.3 is 5.32 Å². The van der Waals surface area contributed by atoms with Crippen LogP contribution in [-0.4, -0.2) is 16.1 Å². The molecule has 4 heteroatoms. The van der Waals surface area contributed by atoms with E-state index in [4.69, 9.17) is 0 Å². The van der Waals surface area contributed by atoms with Crippen LogP contribution in [-0.2, 0) is 10.2 Å². The molecule has 20 heavy (non-hydrogen) atoms. The summed E-state index contributed by atoms with van der Waals surface area (Å²) in [6.45, 7) is 3.92. The first-order chi connectivity index (χ1) is 9.63. The minimum atomic E-state index is -0.374. The van der Waals surface area contributed by atoms with Crippen molar-refractivity contribution >= 4 is 11.7 Å². The third kappa shape index (κ3) is 1.92. The Labute approximate surface area is 118 Å². The van der Waals surface area contributed by atoms with Crippen molar-refractivity contribution in [3.63, 3.8) is 0 Å². The van der Waals surface area contributed by atoms with E-state index >= 15 is 0 Å². The van der Waals surface area contributed by atoms with Crippen molar-refractivity contribution < 1.29 is 4.79 Å². The highest BCUT2D eigenvalue weighted by Crippen LogP contribution is 2.44. The number of H-pyrrole nitrogens is 1. The van der Waals surface area contributed by atoms with Gasteiger partial charge in [0, 0.05) is 11.3 Å². The Kier molecular flexibility index (Phi) is 3.08. The van der Waals surface area contributed by atoms with Crippen LogP contribution < -0.4 is 5.32 Å². The molecule has 2 N–H and O–H groups in total. The monoisotopic (exact) mass is 269 g/mol. The van der Waals surface area contributed by atoms with Gasteiger partial charge in [0.2, 0.25) is 5.91 Å². The Bertz CT molecular complexity index is 626. The van der Waals surface area contributed by atoms with Crippen molar-refractivity contribution in [1.29, 1.82) is 0 Å². The molecule has 0 saturated heterocycles. The fourth-order valence-corrected chi connectivity index (χ4v) is 2.77. The van der Waals surface area contributed by atoms with Gasteiger partial charge in [0.05, 0.1) is 5.41 Å². The second-order valence-corrected chi connectivity index (χ2v) is 5.58. The van der Waals surface area contributed by atoms with Gasteiger partial charge in [-0.15, -0.1) is 0 Å².